The molecule has 0 aliphatic carbocycles. The summed E-state index contributed by atoms with van der Waals surface area (Å²) < 4.78 is 31.2. The molecule has 2 aromatic carbocycles. The third-order valence-corrected chi connectivity index (χ3v) is 6.17. The number of rotatable bonds is 8. The van der Waals surface area contributed by atoms with Crippen LogP contribution in [0.25, 0.3) is 0 Å². The second-order valence-corrected chi connectivity index (χ2v) is 8.04. The van der Waals surface area contributed by atoms with Crippen LogP contribution in [0.3, 0.4) is 0 Å². The van der Waals surface area contributed by atoms with Gasteiger partial charge in [0.15, 0.2) is 6.61 Å². The summed E-state index contributed by atoms with van der Waals surface area (Å²) in [5, 5.41) is 2.63. The summed E-state index contributed by atoms with van der Waals surface area (Å²) in [5.41, 5.74) is 1.84. The van der Waals surface area contributed by atoms with E-state index in [2.05, 4.69) is 5.32 Å². The van der Waals surface area contributed by atoms with Gasteiger partial charge in [0.1, 0.15) is 0 Å². The summed E-state index contributed by atoms with van der Waals surface area (Å²) >= 11 is 0. The summed E-state index contributed by atoms with van der Waals surface area (Å²) in [4.78, 5) is 24.1. The molecule has 2 rings (SSSR count). The van der Waals surface area contributed by atoms with E-state index in [9.17, 15) is 18.0 Å². The van der Waals surface area contributed by atoms with Gasteiger partial charge in [-0.05, 0) is 43.3 Å². The zero-order valence-corrected chi connectivity index (χ0v) is 17.0. The van der Waals surface area contributed by atoms with E-state index in [-0.39, 0.29) is 10.5 Å². The van der Waals surface area contributed by atoms with Crippen LogP contribution in [0, 0.1) is 6.92 Å². The first-order valence-electron chi connectivity index (χ1n) is 8.91. The Kier molecular flexibility index (Phi) is 7.31. The highest BCUT2D eigenvalue weighted by molar-refractivity contribution is 7.89. The molecule has 7 nitrogen and oxygen atoms in total. The Labute approximate surface area is 165 Å². The van der Waals surface area contributed by atoms with Gasteiger partial charge in [-0.25, -0.2) is 13.2 Å². The minimum atomic E-state index is -3.59. The number of aryl methyl sites for hydroxylation is 1. The molecule has 0 unspecified atom stereocenters. The molecule has 0 saturated heterocycles. The third kappa shape index (κ3) is 5.40. The number of amides is 1. The van der Waals surface area contributed by atoms with Gasteiger partial charge in [-0.3, -0.25) is 4.79 Å². The molecule has 0 aliphatic rings. The van der Waals surface area contributed by atoms with Crippen LogP contribution in [0.2, 0.25) is 0 Å². The van der Waals surface area contributed by atoms with Crippen LogP contribution in [0.1, 0.15) is 29.8 Å². The zero-order valence-electron chi connectivity index (χ0n) is 16.1. The van der Waals surface area contributed by atoms with Crippen molar-refractivity contribution in [3.63, 3.8) is 0 Å². The predicted molar refractivity (Wildman–Crippen MR) is 107 cm³/mol. The monoisotopic (exact) mass is 404 g/mol. The van der Waals surface area contributed by atoms with Gasteiger partial charge in [0.25, 0.3) is 5.91 Å². The summed E-state index contributed by atoms with van der Waals surface area (Å²) in [6.45, 7) is 5.73. The van der Waals surface area contributed by atoms with Crippen molar-refractivity contribution in [2.24, 2.45) is 0 Å². The van der Waals surface area contributed by atoms with E-state index < -0.39 is 28.5 Å². The number of esters is 1. The van der Waals surface area contributed by atoms with Gasteiger partial charge in [-0.2, -0.15) is 4.31 Å². The van der Waals surface area contributed by atoms with E-state index in [1.165, 1.54) is 28.6 Å². The van der Waals surface area contributed by atoms with E-state index in [0.29, 0.717) is 18.8 Å². The lowest BCUT2D eigenvalue weighted by Gasteiger charge is -2.18. The molecule has 150 valence electrons. The maximum atomic E-state index is 12.4. The number of carbonyl (C=O) groups excluding carboxylic acids is 2. The lowest BCUT2D eigenvalue weighted by molar-refractivity contribution is -0.119. The van der Waals surface area contributed by atoms with Gasteiger partial charge >= 0.3 is 5.97 Å². The van der Waals surface area contributed by atoms with Gasteiger partial charge < -0.3 is 10.1 Å². The number of nitrogens with one attached hydrogen (secondary N) is 1. The number of benzene rings is 2. The number of carbonyl (C=O) groups is 2. The van der Waals surface area contributed by atoms with Crippen LogP contribution < -0.4 is 5.32 Å². The van der Waals surface area contributed by atoms with Crippen LogP contribution in [0.15, 0.2) is 53.4 Å². The maximum absolute atomic E-state index is 12.4. The van der Waals surface area contributed by atoms with E-state index in [4.69, 9.17) is 4.74 Å². The van der Waals surface area contributed by atoms with Crippen LogP contribution in [-0.2, 0) is 19.6 Å². The predicted octanol–water partition coefficient (Wildman–Crippen LogP) is 2.82. The van der Waals surface area contributed by atoms with Gasteiger partial charge in [0.05, 0.1) is 10.5 Å². The first-order chi connectivity index (χ1) is 13.3. The molecule has 1 amide bonds. The van der Waals surface area contributed by atoms with E-state index in [1.807, 2.05) is 19.1 Å². The lowest BCUT2D eigenvalue weighted by atomic mass is 10.2. The average Bonchev–Trinajstić information content (AvgIpc) is 2.68. The Morgan fingerprint density at radius 2 is 1.54 bits per heavy atom. The summed E-state index contributed by atoms with van der Waals surface area (Å²) in [7, 11) is -3.59. The molecule has 0 atom stereocenters. The van der Waals surface area contributed by atoms with Crippen molar-refractivity contribution >= 4 is 27.6 Å². The quantitative estimate of drug-likeness (QED) is 0.683. The molecule has 0 saturated carbocycles. The Morgan fingerprint density at radius 1 is 0.964 bits per heavy atom. The molecular formula is C20H24N2O5S. The third-order valence-electron chi connectivity index (χ3n) is 4.10. The molecule has 2 aromatic rings. The topological polar surface area (TPSA) is 92.8 Å². The fraction of sp³-hybridized carbons (Fsp3) is 0.300. The summed E-state index contributed by atoms with van der Waals surface area (Å²) in [6.07, 6.45) is 0. The molecule has 1 N–H and O–H groups in total. The van der Waals surface area contributed by atoms with Crippen molar-refractivity contribution in [2.75, 3.05) is 25.0 Å². The van der Waals surface area contributed by atoms with Crippen molar-refractivity contribution in [3.05, 3.63) is 59.7 Å². The van der Waals surface area contributed by atoms with E-state index in [1.54, 1.807) is 26.0 Å². The van der Waals surface area contributed by atoms with Crippen molar-refractivity contribution in [1.29, 1.82) is 0 Å². The van der Waals surface area contributed by atoms with E-state index >= 15 is 0 Å². The molecule has 0 bridgehead atoms. The summed E-state index contributed by atoms with van der Waals surface area (Å²) in [5.74, 6) is -1.16. The number of ether oxygens (including phenoxy) is 1. The first-order valence-corrected chi connectivity index (χ1v) is 10.4. The van der Waals surface area contributed by atoms with Crippen molar-refractivity contribution < 1.29 is 22.7 Å². The average molecular weight is 404 g/mol. The Bertz CT molecular complexity index is 918. The van der Waals surface area contributed by atoms with Crippen LogP contribution >= 0.6 is 0 Å². The van der Waals surface area contributed by atoms with E-state index in [0.717, 1.165) is 5.56 Å². The van der Waals surface area contributed by atoms with Crippen molar-refractivity contribution in [2.45, 2.75) is 25.7 Å². The van der Waals surface area contributed by atoms with Crippen molar-refractivity contribution in [3.8, 4) is 0 Å². The standard InChI is InChI=1S/C20H24N2O5S/c1-4-22(5-2)28(25,26)18-12-8-16(9-13-18)20(24)27-14-19(23)21-17-10-6-15(3)7-11-17/h6-13H,4-5,14H2,1-3H3,(H,21,23). The maximum Gasteiger partial charge on any atom is 0.338 e. The van der Waals surface area contributed by atoms with Crippen LogP contribution in [0.4, 0.5) is 5.69 Å². The largest absolute Gasteiger partial charge is 0.452 e. The smallest absolute Gasteiger partial charge is 0.338 e. The highest BCUT2D eigenvalue weighted by Crippen LogP contribution is 2.16. The second kappa shape index (κ2) is 9.48. The van der Waals surface area contributed by atoms with Gasteiger partial charge in [-0.15, -0.1) is 0 Å². The molecule has 0 aliphatic heterocycles. The highest BCUT2D eigenvalue weighted by atomic mass is 32.2. The molecule has 0 fully saturated rings. The SMILES string of the molecule is CCN(CC)S(=O)(=O)c1ccc(C(=O)OCC(=O)Nc2ccc(C)cc2)cc1. The van der Waals surface area contributed by atoms with Gasteiger partial charge in [0, 0.05) is 18.8 Å². The minimum absolute atomic E-state index is 0.102. The fourth-order valence-corrected chi connectivity index (χ4v) is 3.98. The number of hydrogen-bond donors (Lipinski definition) is 1. The molecule has 0 radical (unpaired) electrons. The second-order valence-electron chi connectivity index (χ2n) is 6.10. The van der Waals surface area contributed by atoms with Crippen LogP contribution in [-0.4, -0.2) is 44.3 Å². The molecule has 8 heteroatoms. The first kappa shape index (κ1) is 21.6. The molecule has 0 heterocycles. The molecule has 28 heavy (non-hydrogen) atoms. The summed E-state index contributed by atoms with van der Waals surface area (Å²) in [6, 6.07) is 12.7. The Balaban J connectivity index is 1.95. The number of hydrogen-bond acceptors (Lipinski definition) is 5. The van der Waals surface area contributed by atoms with Crippen LogP contribution in [0.5, 0.6) is 0 Å². The van der Waals surface area contributed by atoms with Gasteiger partial charge in [-0.1, -0.05) is 31.5 Å². The number of sulfonamides is 1. The molecular weight excluding hydrogens is 380 g/mol. The number of anilines is 1. The Morgan fingerprint density at radius 3 is 2.07 bits per heavy atom. The van der Waals surface area contributed by atoms with Gasteiger partial charge in [0.2, 0.25) is 10.0 Å². The normalized spacial score (nSPS) is 11.3. The lowest BCUT2D eigenvalue weighted by Crippen LogP contribution is -2.30. The molecule has 0 spiro atoms. The number of nitrogens with zero attached hydrogens (tertiary/aromatic N) is 1. The highest BCUT2D eigenvalue weighted by Gasteiger charge is 2.22. The van der Waals surface area contributed by atoms with Crippen molar-refractivity contribution in [1.82, 2.24) is 4.31 Å². The fourth-order valence-electron chi connectivity index (χ4n) is 2.52. The zero-order chi connectivity index (χ0) is 20.7. The Hall–Kier alpha value is -2.71. The molecule has 0 aromatic heterocycles. The minimum Gasteiger partial charge on any atom is -0.452 e.